The third-order valence-corrected chi connectivity index (χ3v) is 2.73. The summed E-state index contributed by atoms with van der Waals surface area (Å²) in [5, 5.41) is 3.27. The van der Waals surface area contributed by atoms with E-state index in [4.69, 9.17) is 4.74 Å². The average molecular weight is 209 g/mol. The van der Waals surface area contributed by atoms with E-state index in [9.17, 15) is 4.39 Å². The van der Waals surface area contributed by atoms with Crippen LogP contribution in [0.5, 0.6) is 5.75 Å². The number of hydrogen-bond acceptors (Lipinski definition) is 2. The van der Waals surface area contributed by atoms with E-state index < -0.39 is 0 Å². The molecule has 0 radical (unpaired) electrons. The van der Waals surface area contributed by atoms with Gasteiger partial charge in [-0.25, -0.2) is 4.39 Å². The Balaban J connectivity index is 1.92. The van der Waals surface area contributed by atoms with E-state index in [1.807, 2.05) is 0 Å². The van der Waals surface area contributed by atoms with Crippen LogP contribution in [0.2, 0.25) is 0 Å². The van der Waals surface area contributed by atoms with Crippen molar-refractivity contribution in [1.29, 1.82) is 0 Å². The van der Waals surface area contributed by atoms with E-state index in [1.54, 1.807) is 13.2 Å². The molecular weight excluding hydrogens is 193 g/mol. The van der Waals surface area contributed by atoms with Gasteiger partial charge in [0.25, 0.3) is 0 Å². The van der Waals surface area contributed by atoms with Gasteiger partial charge in [-0.3, -0.25) is 0 Å². The zero-order chi connectivity index (χ0) is 10.7. The molecule has 1 fully saturated rings. The molecule has 0 aromatic heterocycles. The van der Waals surface area contributed by atoms with E-state index >= 15 is 0 Å². The molecule has 0 spiro atoms. The number of methoxy groups -OCH3 is 1. The number of rotatable bonds is 5. The summed E-state index contributed by atoms with van der Waals surface area (Å²) in [6.45, 7) is 0.937. The standard InChI is InChI=1S/C12H16FNO/c1-15-12-8-10(13)4-5-11(12)14-7-6-9-2-3-9/h4-5,8-9,14H,2-3,6-7H2,1H3. The first-order valence-electron chi connectivity index (χ1n) is 5.37. The monoisotopic (exact) mass is 209 g/mol. The van der Waals surface area contributed by atoms with Crippen molar-refractivity contribution in [2.24, 2.45) is 5.92 Å². The number of hydrogen-bond donors (Lipinski definition) is 1. The van der Waals surface area contributed by atoms with E-state index in [2.05, 4.69) is 5.32 Å². The molecule has 0 saturated heterocycles. The largest absolute Gasteiger partial charge is 0.494 e. The normalized spacial score (nSPS) is 15.1. The summed E-state index contributed by atoms with van der Waals surface area (Å²) < 4.78 is 18.0. The highest BCUT2D eigenvalue weighted by molar-refractivity contribution is 5.56. The Kier molecular flexibility index (Phi) is 3.09. The molecule has 1 aliphatic carbocycles. The van der Waals surface area contributed by atoms with Gasteiger partial charge in [0.15, 0.2) is 0 Å². The minimum absolute atomic E-state index is 0.264. The minimum atomic E-state index is -0.264. The first-order valence-corrected chi connectivity index (χ1v) is 5.37. The van der Waals surface area contributed by atoms with Crippen molar-refractivity contribution in [2.75, 3.05) is 19.0 Å². The summed E-state index contributed by atoms with van der Waals surface area (Å²) in [6, 6.07) is 4.57. The van der Waals surface area contributed by atoms with Crippen LogP contribution in [0.4, 0.5) is 10.1 Å². The van der Waals surface area contributed by atoms with Crippen molar-refractivity contribution in [2.45, 2.75) is 19.3 Å². The summed E-state index contributed by atoms with van der Waals surface area (Å²) in [7, 11) is 1.56. The van der Waals surface area contributed by atoms with Crippen molar-refractivity contribution >= 4 is 5.69 Å². The zero-order valence-corrected chi connectivity index (χ0v) is 8.92. The Bertz CT molecular complexity index is 336. The van der Waals surface area contributed by atoms with Gasteiger partial charge >= 0.3 is 0 Å². The quantitative estimate of drug-likeness (QED) is 0.804. The molecule has 1 aliphatic rings. The molecule has 0 heterocycles. The Morgan fingerprint density at radius 1 is 1.47 bits per heavy atom. The Labute approximate surface area is 89.4 Å². The summed E-state index contributed by atoms with van der Waals surface area (Å²) >= 11 is 0. The molecule has 1 aromatic carbocycles. The maximum Gasteiger partial charge on any atom is 0.144 e. The van der Waals surface area contributed by atoms with E-state index in [0.29, 0.717) is 5.75 Å². The second-order valence-electron chi connectivity index (χ2n) is 4.00. The molecule has 82 valence electrons. The van der Waals surface area contributed by atoms with Gasteiger partial charge in [0.05, 0.1) is 12.8 Å². The van der Waals surface area contributed by atoms with Gasteiger partial charge in [0, 0.05) is 12.6 Å². The zero-order valence-electron chi connectivity index (χ0n) is 8.92. The highest BCUT2D eigenvalue weighted by Crippen LogP contribution is 2.32. The van der Waals surface area contributed by atoms with Crippen molar-refractivity contribution in [1.82, 2.24) is 0 Å². The average Bonchev–Trinajstić information content (AvgIpc) is 3.04. The van der Waals surface area contributed by atoms with Crippen molar-refractivity contribution in [3.8, 4) is 5.75 Å². The predicted molar refractivity (Wildman–Crippen MR) is 58.8 cm³/mol. The lowest BCUT2D eigenvalue weighted by atomic mass is 10.2. The topological polar surface area (TPSA) is 21.3 Å². The molecule has 1 aromatic rings. The molecule has 1 N–H and O–H groups in total. The summed E-state index contributed by atoms with van der Waals surface area (Å²) in [5.41, 5.74) is 0.875. The molecule has 0 amide bonds. The number of anilines is 1. The van der Waals surface area contributed by atoms with Gasteiger partial charge in [-0.2, -0.15) is 0 Å². The van der Waals surface area contributed by atoms with Crippen LogP contribution in [-0.2, 0) is 0 Å². The molecular formula is C12H16FNO. The third kappa shape index (κ3) is 2.85. The lowest BCUT2D eigenvalue weighted by molar-refractivity contribution is 0.413. The van der Waals surface area contributed by atoms with Crippen LogP contribution in [-0.4, -0.2) is 13.7 Å². The second kappa shape index (κ2) is 4.51. The number of benzene rings is 1. The molecule has 15 heavy (non-hydrogen) atoms. The fourth-order valence-corrected chi connectivity index (χ4v) is 1.63. The Morgan fingerprint density at radius 2 is 2.27 bits per heavy atom. The lowest BCUT2D eigenvalue weighted by Gasteiger charge is -2.10. The minimum Gasteiger partial charge on any atom is -0.494 e. The van der Waals surface area contributed by atoms with Gasteiger partial charge in [0.2, 0.25) is 0 Å². The van der Waals surface area contributed by atoms with Gasteiger partial charge in [-0.1, -0.05) is 12.8 Å². The van der Waals surface area contributed by atoms with E-state index in [0.717, 1.165) is 18.2 Å². The highest BCUT2D eigenvalue weighted by atomic mass is 19.1. The molecule has 0 bridgehead atoms. The van der Waals surface area contributed by atoms with Crippen LogP contribution in [0.25, 0.3) is 0 Å². The smallest absolute Gasteiger partial charge is 0.144 e. The van der Waals surface area contributed by atoms with E-state index in [-0.39, 0.29) is 5.82 Å². The summed E-state index contributed by atoms with van der Waals surface area (Å²) in [5.74, 6) is 1.22. The van der Waals surface area contributed by atoms with Gasteiger partial charge in [0.1, 0.15) is 11.6 Å². The molecule has 0 unspecified atom stereocenters. The van der Waals surface area contributed by atoms with Crippen molar-refractivity contribution < 1.29 is 9.13 Å². The SMILES string of the molecule is COc1cc(F)ccc1NCCC1CC1. The van der Waals surface area contributed by atoms with Crippen molar-refractivity contribution in [3.05, 3.63) is 24.0 Å². The van der Waals surface area contributed by atoms with Crippen molar-refractivity contribution in [3.63, 3.8) is 0 Å². The Morgan fingerprint density at radius 3 is 2.93 bits per heavy atom. The second-order valence-corrected chi connectivity index (χ2v) is 4.00. The fraction of sp³-hybridized carbons (Fsp3) is 0.500. The first kappa shape index (κ1) is 10.3. The maximum absolute atomic E-state index is 12.9. The molecule has 1 saturated carbocycles. The lowest BCUT2D eigenvalue weighted by Crippen LogP contribution is -2.04. The first-order chi connectivity index (χ1) is 7.29. The van der Waals surface area contributed by atoms with Gasteiger partial charge < -0.3 is 10.1 Å². The third-order valence-electron chi connectivity index (χ3n) is 2.73. The van der Waals surface area contributed by atoms with Gasteiger partial charge in [-0.15, -0.1) is 0 Å². The molecule has 0 atom stereocenters. The van der Waals surface area contributed by atoms with E-state index in [1.165, 1.54) is 31.4 Å². The highest BCUT2D eigenvalue weighted by Gasteiger charge is 2.20. The molecule has 2 rings (SSSR count). The summed E-state index contributed by atoms with van der Waals surface area (Å²) in [6.07, 6.45) is 3.92. The van der Waals surface area contributed by atoms with Gasteiger partial charge in [-0.05, 0) is 24.5 Å². The molecule has 0 aliphatic heterocycles. The molecule has 3 heteroatoms. The fourth-order valence-electron chi connectivity index (χ4n) is 1.63. The van der Waals surface area contributed by atoms with Crippen LogP contribution in [0.15, 0.2) is 18.2 Å². The van der Waals surface area contributed by atoms with Crippen LogP contribution < -0.4 is 10.1 Å². The van der Waals surface area contributed by atoms with Crippen LogP contribution in [0.1, 0.15) is 19.3 Å². The molecule has 2 nitrogen and oxygen atoms in total. The van der Waals surface area contributed by atoms with Crippen LogP contribution in [0, 0.1) is 11.7 Å². The number of nitrogens with one attached hydrogen (secondary N) is 1. The summed E-state index contributed by atoms with van der Waals surface area (Å²) in [4.78, 5) is 0. The van der Waals surface area contributed by atoms with Crippen LogP contribution in [0.3, 0.4) is 0 Å². The number of ether oxygens (including phenoxy) is 1. The van der Waals surface area contributed by atoms with Crippen LogP contribution >= 0.6 is 0 Å². The number of halogens is 1. The Hall–Kier alpha value is -1.25. The predicted octanol–water partition coefficient (Wildman–Crippen LogP) is 3.05. The maximum atomic E-state index is 12.9.